The van der Waals surface area contributed by atoms with Crippen LogP contribution in [0.4, 0.5) is 0 Å². The van der Waals surface area contributed by atoms with Crippen molar-refractivity contribution in [2.75, 3.05) is 20.5 Å². The molecule has 3 heteroatoms. The smallest absolute Gasteiger partial charge is 0.147 e. The Morgan fingerprint density at radius 3 is 2.73 bits per heavy atom. The number of epoxide rings is 1. The van der Waals surface area contributed by atoms with Crippen LogP contribution in [0.5, 0.6) is 0 Å². The van der Waals surface area contributed by atoms with E-state index >= 15 is 0 Å². The summed E-state index contributed by atoms with van der Waals surface area (Å²) < 4.78 is 15.8. The minimum Gasteiger partial charge on any atom is -0.373 e. The van der Waals surface area contributed by atoms with E-state index in [1.165, 1.54) is 5.56 Å². The molecule has 0 spiro atoms. The molecular formula is C12H16O3. The Hall–Kier alpha value is -0.900. The number of methoxy groups -OCH3 is 1. The maximum atomic E-state index is 5.63. The molecule has 15 heavy (non-hydrogen) atoms. The Kier molecular flexibility index (Phi) is 3.72. The van der Waals surface area contributed by atoms with Gasteiger partial charge in [0, 0.05) is 13.5 Å². The van der Waals surface area contributed by atoms with Crippen LogP contribution in [0.25, 0.3) is 0 Å². The number of ether oxygens (including phenoxy) is 3. The van der Waals surface area contributed by atoms with Crippen LogP contribution < -0.4 is 0 Å². The summed E-state index contributed by atoms with van der Waals surface area (Å²) in [6.45, 7) is 1.19. The van der Waals surface area contributed by atoms with Crippen molar-refractivity contribution in [2.45, 2.75) is 18.6 Å². The summed E-state index contributed by atoms with van der Waals surface area (Å²) in [5, 5.41) is 0. The Morgan fingerprint density at radius 2 is 2.13 bits per heavy atom. The molecule has 0 aromatic heterocycles. The number of hydrogen-bond donors (Lipinski definition) is 0. The van der Waals surface area contributed by atoms with Gasteiger partial charge in [-0.05, 0) is 5.56 Å². The molecule has 3 nitrogen and oxygen atoms in total. The molecule has 0 unspecified atom stereocenters. The van der Waals surface area contributed by atoms with E-state index in [4.69, 9.17) is 14.2 Å². The zero-order valence-corrected chi connectivity index (χ0v) is 8.89. The molecule has 0 amide bonds. The fourth-order valence-corrected chi connectivity index (χ4v) is 1.56. The third kappa shape index (κ3) is 3.30. The van der Waals surface area contributed by atoms with Crippen molar-refractivity contribution in [3.63, 3.8) is 0 Å². The number of benzene rings is 1. The quantitative estimate of drug-likeness (QED) is 0.530. The second-order valence-corrected chi connectivity index (χ2v) is 3.66. The Bertz CT molecular complexity index is 282. The highest BCUT2D eigenvalue weighted by Crippen LogP contribution is 2.28. The highest BCUT2D eigenvalue weighted by atomic mass is 16.7. The third-order valence-electron chi connectivity index (χ3n) is 2.44. The summed E-state index contributed by atoms with van der Waals surface area (Å²) in [4.78, 5) is 0. The molecule has 0 bridgehead atoms. The molecule has 0 saturated carbocycles. The number of rotatable bonds is 6. The van der Waals surface area contributed by atoms with Crippen molar-refractivity contribution in [2.24, 2.45) is 0 Å². The molecule has 1 saturated heterocycles. The van der Waals surface area contributed by atoms with Crippen molar-refractivity contribution < 1.29 is 14.2 Å². The topological polar surface area (TPSA) is 31.0 Å². The van der Waals surface area contributed by atoms with Crippen molar-refractivity contribution >= 4 is 0 Å². The molecule has 1 fully saturated rings. The van der Waals surface area contributed by atoms with Gasteiger partial charge in [-0.15, -0.1) is 0 Å². The van der Waals surface area contributed by atoms with Gasteiger partial charge in [0.25, 0.3) is 0 Å². The Labute approximate surface area is 90.0 Å². The maximum Gasteiger partial charge on any atom is 0.147 e. The Morgan fingerprint density at radius 1 is 1.40 bits per heavy atom. The summed E-state index contributed by atoms with van der Waals surface area (Å²) in [5.74, 6) is 0. The van der Waals surface area contributed by atoms with E-state index in [0.29, 0.717) is 12.9 Å². The van der Waals surface area contributed by atoms with E-state index in [-0.39, 0.29) is 6.10 Å². The zero-order chi connectivity index (χ0) is 10.5. The minimum absolute atomic E-state index is 0.0821. The van der Waals surface area contributed by atoms with Crippen molar-refractivity contribution in [3.05, 3.63) is 35.9 Å². The minimum atomic E-state index is 0.0821. The van der Waals surface area contributed by atoms with E-state index in [1.807, 2.05) is 18.2 Å². The zero-order valence-electron chi connectivity index (χ0n) is 8.89. The third-order valence-corrected chi connectivity index (χ3v) is 2.44. The summed E-state index contributed by atoms with van der Waals surface area (Å²) in [7, 11) is 1.63. The summed E-state index contributed by atoms with van der Waals surface area (Å²) in [5.41, 5.74) is 1.19. The van der Waals surface area contributed by atoms with Gasteiger partial charge in [-0.3, -0.25) is 0 Å². The van der Waals surface area contributed by atoms with Gasteiger partial charge in [-0.1, -0.05) is 30.3 Å². The monoisotopic (exact) mass is 208 g/mol. The first-order valence-corrected chi connectivity index (χ1v) is 5.17. The predicted octanol–water partition coefficient (Wildman–Crippen LogP) is 2.14. The van der Waals surface area contributed by atoms with Crippen LogP contribution in [-0.4, -0.2) is 26.6 Å². The van der Waals surface area contributed by atoms with Crippen molar-refractivity contribution in [1.29, 1.82) is 0 Å². The molecule has 2 rings (SSSR count). The van der Waals surface area contributed by atoms with Crippen LogP contribution in [-0.2, 0) is 14.2 Å². The van der Waals surface area contributed by atoms with Crippen LogP contribution in [0.15, 0.2) is 30.3 Å². The maximum absolute atomic E-state index is 5.63. The summed E-state index contributed by atoms with van der Waals surface area (Å²) >= 11 is 0. The van der Waals surface area contributed by atoms with Crippen LogP contribution >= 0.6 is 0 Å². The standard InChI is InChI=1S/C12H16O3/c1-13-9-15-12(7-11-8-14-11)10-5-3-2-4-6-10/h2-6,11-12H,7-9H2,1H3/t11-,12-/m0/s1. The molecule has 1 aromatic carbocycles. The van der Waals surface area contributed by atoms with Crippen LogP contribution in [0.2, 0.25) is 0 Å². The lowest BCUT2D eigenvalue weighted by molar-refractivity contribution is -0.0775. The van der Waals surface area contributed by atoms with Gasteiger partial charge < -0.3 is 14.2 Å². The SMILES string of the molecule is COCO[C@@H](C[C@H]1CO1)c1ccccc1. The van der Waals surface area contributed by atoms with E-state index in [9.17, 15) is 0 Å². The molecular weight excluding hydrogens is 192 g/mol. The van der Waals surface area contributed by atoms with Gasteiger partial charge in [0.05, 0.1) is 18.8 Å². The largest absolute Gasteiger partial charge is 0.373 e. The van der Waals surface area contributed by atoms with Gasteiger partial charge in [0.15, 0.2) is 0 Å². The van der Waals surface area contributed by atoms with Crippen LogP contribution in [0.1, 0.15) is 18.1 Å². The fourth-order valence-electron chi connectivity index (χ4n) is 1.56. The highest BCUT2D eigenvalue weighted by Gasteiger charge is 2.27. The van der Waals surface area contributed by atoms with Gasteiger partial charge in [0.1, 0.15) is 6.79 Å². The van der Waals surface area contributed by atoms with E-state index in [1.54, 1.807) is 7.11 Å². The first kappa shape index (κ1) is 10.6. The average Bonchev–Trinajstić information content (AvgIpc) is 3.09. The van der Waals surface area contributed by atoms with Gasteiger partial charge >= 0.3 is 0 Å². The normalized spacial score (nSPS) is 21.3. The molecule has 1 aliphatic heterocycles. The summed E-state index contributed by atoms with van der Waals surface area (Å²) in [6.07, 6.45) is 1.36. The van der Waals surface area contributed by atoms with Gasteiger partial charge in [-0.25, -0.2) is 0 Å². The molecule has 0 radical (unpaired) electrons. The van der Waals surface area contributed by atoms with E-state index in [0.717, 1.165) is 13.0 Å². The second kappa shape index (κ2) is 5.26. The molecule has 1 heterocycles. The van der Waals surface area contributed by atoms with Crippen LogP contribution in [0.3, 0.4) is 0 Å². The van der Waals surface area contributed by atoms with Crippen molar-refractivity contribution in [1.82, 2.24) is 0 Å². The predicted molar refractivity (Wildman–Crippen MR) is 56.5 cm³/mol. The van der Waals surface area contributed by atoms with E-state index in [2.05, 4.69) is 12.1 Å². The fraction of sp³-hybridized carbons (Fsp3) is 0.500. The van der Waals surface area contributed by atoms with Crippen molar-refractivity contribution in [3.8, 4) is 0 Å². The lowest BCUT2D eigenvalue weighted by atomic mass is 10.1. The number of hydrogen-bond acceptors (Lipinski definition) is 3. The molecule has 1 aliphatic rings. The highest BCUT2D eigenvalue weighted by molar-refractivity contribution is 5.17. The lowest BCUT2D eigenvalue weighted by Gasteiger charge is -2.16. The molecule has 1 aromatic rings. The molecule has 2 atom stereocenters. The molecule has 82 valence electrons. The first-order valence-electron chi connectivity index (χ1n) is 5.17. The molecule has 0 aliphatic carbocycles. The van der Waals surface area contributed by atoms with Gasteiger partial charge in [-0.2, -0.15) is 0 Å². The first-order chi connectivity index (χ1) is 7.40. The van der Waals surface area contributed by atoms with Gasteiger partial charge in [0.2, 0.25) is 0 Å². The average molecular weight is 208 g/mol. The van der Waals surface area contributed by atoms with Crippen LogP contribution in [0, 0.1) is 0 Å². The Balaban J connectivity index is 1.96. The summed E-state index contributed by atoms with van der Waals surface area (Å²) in [6, 6.07) is 10.2. The lowest BCUT2D eigenvalue weighted by Crippen LogP contribution is -2.09. The molecule has 0 N–H and O–H groups in total. The van der Waals surface area contributed by atoms with E-state index < -0.39 is 0 Å². The second-order valence-electron chi connectivity index (χ2n) is 3.66.